The van der Waals surface area contributed by atoms with Crippen molar-refractivity contribution < 1.29 is 24.7 Å². The number of piperidine rings is 1. The lowest BCUT2D eigenvalue weighted by Crippen LogP contribution is -2.49. The number of phenols is 1. The van der Waals surface area contributed by atoms with Gasteiger partial charge in [0, 0.05) is 25.7 Å². The lowest BCUT2D eigenvalue weighted by molar-refractivity contribution is -0.155. The maximum Gasteiger partial charge on any atom is 0.241 e. The van der Waals surface area contributed by atoms with Gasteiger partial charge in [0.1, 0.15) is 5.75 Å². The van der Waals surface area contributed by atoms with E-state index in [1.54, 1.807) is 17.0 Å². The summed E-state index contributed by atoms with van der Waals surface area (Å²) in [4.78, 5) is 37.9. The minimum atomic E-state index is -0.522. The van der Waals surface area contributed by atoms with Gasteiger partial charge in [-0.25, -0.2) is 5.06 Å². The van der Waals surface area contributed by atoms with E-state index in [-0.39, 0.29) is 30.7 Å². The Bertz CT molecular complexity index is 816. The zero-order valence-electron chi connectivity index (χ0n) is 22.7. The Labute approximate surface area is 221 Å². The second-order valence-electron chi connectivity index (χ2n) is 11.0. The predicted molar refractivity (Wildman–Crippen MR) is 143 cm³/mol. The quantitative estimate of drug-likeness (QED) is 0.203. The van der Waals surface area contributed by atoms with Crippen LogP contribution in [0, 0.1) is 17.8 Å². The molecule has 1 saturated heterocycles. The van der Waals surface area contributed by atoms with Crippen molar-refractivity contribution in [2.24, 2.45) is 17.8 Å². The molecule has 3 rings (SSSR count). The number of nitrogens with one attached hydrogen (secondary N) is 2. The molecule has 37 heavy (non-hydrogen) atoms. The molecule has 1 aliphatic carbocycles. The average Bonchev–Trinajstić information content (AvgIpc) is 3.39. The van der Waals surface area contributed by atoms with Crippen LogP contribution in [-0.2, 0) is 20.9 Å². The van der Waals surface area contributed by atoms with Crippen LogP contribution in [-0.4, -0.2) is 70.7 Å². The van der Waals surface area contributed by atoms with Crippen molar-refractivity contribution in [3.63, 3.8) is 0 Å². The summed E-state index contributed by atoms with van der Waals surface area (Å²) < 4.78 is 0. The molecule has 208 valence electrons. The molecule has 1 aromatic carbocycles. The highest BCUT2D eigenvalue weighted by molar-refractivity contribution is 5.86. The largest absolute Gasteiger partial charge is 0.508 e. The van der Waals surface area contributed by atoms with Crippen LogP contribution in [0.25, 0.3) is 0 Å². The molecule has 0 spiro atoms. The van der Waals surface area contributed by atoms with Crippen LogP contribution in [0.2, 0.25) is 0 Å². The highest BCUT2D eigenvalue weighted by atomic mass is 16.5. The fraction of sp³-hybridized carbons (Fsp3) is 0.679. The summed E-state index contributed by atoms with van der Waals surface area (Å²) in [6.45, 7) is 8.34. The molecule has 1 aliphatic heterocycles. The van der Waals surface area contributed by atoms with E-state index < -0.39 is 5.92 Å². The number of likely N-dealkylation sites (tertiary alicyclic amines) is 1. The van der Waals surface area contributed by atoms with Gasteiger partial charge in [-0.1, -0.05) is 58.6 Å². The van der Waals surface area contributed by atoms with Crippen molar-refractivity contribution in [1.82, 2.24) is 20.6 Å². The highest BCUT2D eigenvalue weighted by Crippen LogP contribution is 2.30. The number of carbonyl (C=O) groups is 3. The van der Waals surface area contributed by atoms with Gasteiger partial charge in [-0.15, -0.1) is 0 Å². The third-order valence-electron chi connectivity index (χ3n) is 6.79. The van der Waals surface area contributed by atoms with Crippen LogP contribution in [0.3, 0.4) is 0 Å². The molecule has 9 nitrogen and oxygen atoms in total. The van der Waals surface area contributed by atoms with Crippen LogP contribution < -0.4 is 10.6 Å². The number of nitrogens with zero attached hydrogens (tertiary/aromatic N) is 2. The number of hydrogen-bond donors (Lipinski definition) is 4. The van der Waals surface area contributed by atoms with Crippen molar-refractivity contribution in [3.8, 4) is 5.75 Å². The van der Waals surface area contributed by atoms with Crippen molar-refractivity contribution in [2.75, 3.05) is 26.2 Å². The molecule has 1 heterocycles. The predicted octanol–water partition coefficient (Wildman–Crippen LogP) is 3.30. The van der Waals surface area contributed by atoms with Gasteiger partial charge in [0.25, 0.3) is 0 Å². The van der Waals surface area contributed by atoms with Gasteiger partial charge < -0.3 is 20.6 Å². The Balaban J connectivity index is 0.00000112. The minimum absolute atomic E-state index is 0.0574. The van der Waals surface area contributed by atoms with Gasteiger partial charge in [-0.3, -0.25) is 19.6 Å². The first-order chi connectivity index (χ1) is 17.7. The van der Waals surface area contributed by atoms with E-state index in [2.05, 4.69) is 31.4 Å². The summed E-state index contributed by atoms with van der Waals surface area (Å²) in [5, 5.41) is 25.7. The van der Waals surface area contributed by atoms with Gasteiger partial charge >= 0.3 is 0 Å². The van der Waals surface area contributed by atoms with E-state index in [1.165, 1.54) is 0 Å². The van der Waals surface area contributed by atoms with Gasteiger partial charge in [0.2, 0.25) is 18.2 Å². The summed E-state index contributed by atoms with van der Waals surface area (Å²) in [7, 11) is 0. The third kappa shape index (κ3) is 12.0. The van der Waals surface area contributed by atoms with E-state index >= 15 is 0 Å². The van der Waals surface area contributed by atoms with Crippen molar-refractivity contribution in [1.29, 1.82) is 0 Å². The molecule has 1 saturated carbocycles. The van der Waals surface area contributed by atoms with Crippen molar-refractivity contribution in [2.45, 2.75) is 78.3 Å². The zero-order chi connectivity index (χ0) is 27.2. The lowest BCUT2D eigenvalue weighted by atomic mass is 9.92. The fourth-order valence-corrected chi connectivity index (χ4v) is 4.81. The molecule has 3 amide bonds. The highest BCUT2D eigenvalue weighted by Gasteiger charge is 2.28. The average molecular weight is 519 g/mol. The smallest absolute Gasteiger partial charge is 0.241 e. The van der Waals surface area contributed by atoms with Gasteiger partial charge in [0.15, 0.2) is 0 Å². The second-order valence-corrected chi connectivity index (χ2v) is 11.0. The zero-order valence-corrected chi connectivity index (χ0v) is 22.7. The Morgan fingerprint density at radius 3 is 2.24 bits per heavy atom. The maximum atomic E-state index is 12.7. The third-order valence-corrected chi connectivity index (χ3v) is 6.79. The normalized spacial score (nSPS) is 17.2. The van der Waals surface area contributed by atoms with Crippen LogP contribution in [0.15, 0.2) is 24.3 Å². The van der Waals surface area contributed by atoms with Crippen LogP contribution >= 0.6 is 0 Å². The topological polar surface area (TPSA) is 122 Å². The van der Waals surface area contributed by atoms with E-state index in [1.807, 2.05) is 12.1 Å². The molecule has 1 atom stereocenters. The van der Waals surface area contributed by atoms with Crippen molar-refractivity contribution in [3.05, 3.63) is 29.8 Å². The monoisotopic (exact) mass is 518 g/mol. The molecular formula is C28H46N4O5. The van der Waals surface area contributed by atoms with E-state index in [0.717, 1.165) is 50.0 Å². The summed E-state index contributed by atoms with van der Waals surface area (Å²) in [6.07, 6.45) is 7.00. The minimum Gasteiger partial charge on any atom is -0.508 e. The van der Waals surface area contributed by atoms with Crippen LogP contribution in [0.5, 0.6) is 5.75 Å². The summed E-state index contributed by atoms with van der Waals surface area (Å²) in [5.74, 6) is 0.577. The first-order valence-corrected chi connectivity index (χ1v) is 13.7. The van der Waals surface area contributed by atoms with Crippen LogP contribution in [0.4, 0.5) is 0 Å². The summed E-state index contributed by atoms with van der Waals surface area (Å²) >= 11 is 0. The number of rotatable bonds is 11. The number of amides is 3. The molecule has 1 aromatic rings. The maximum absolute atomic E-state index is 12.7. The van der Waals surface area contributed by atoms with Gasteiger partial charge in [-0.2, -0.15) is 0 Å². The molecular weight excluding hydrogens is 472 g/mol. The molecule has 0 bridgehead atoms. The number of aromatic hydroxyl groups is 1. The molecule has 9 heteroatoms. The number of phenolic OH excluding ortho intramolecular Hbond substituents is 1. The molecule has 1 unspecified atom stereocenters. The Morgan fingerprint density at radius 2 is 1.68 bits per heavy atom. The first kappa shape index (κ1) is 30.6. The summed E-state index contributed by atoms with van der Waals surface area (Å²) in [6, 6.07) is 7.42. The first-order valence-electron chi connectivity index (χ1n) is 13.7. The summed E-state index contributed by atoms with van der Waals surface area (Å²) in [5.41, 5.74) is 1.09. The fourth-order valence-electron chi connectivity index (χ4n) is 4.81. The van der Waals surface area contributed by atoms with Gasteiger partial charge in [-0.05, 0) is 48.8 Å². The van der Waals surface area contributed by atoms with E-state index in [4.69, 9.17) is 0 Å². The SMILES string of the molecule is CC(C)C.O=CN(O)CC(CC1CCCC1)C(=O)NCC(=O)N1CCC(NCc2ccc(O)cc2)CC1. The lowest BCUT2D eigenvalue weighted by Gasteiger charge is -2.33. The van der Waals surface area contributed by atoms with Crippen molar-refractivity contribution >= 4 is 18.2 Å². The Morgan fingerprint density at radius 1 is 1.08 bits per heavy atom. The second kappa shape index (κ2) is 16.2. The van der Waals surface area contributed by atoms with E-state index in [9.17, 15) is 24.7 Å². The van der Waals surface area contributed by atoms with E-state index in [0.29, 0.717) is 49.5 Å². The molecule has 0 aromatic heterocycles. The Kier molecular flexibility index (Phi) is 13.4. The number of hydroxylamine groups is 2. The standard InChI is InChI=1S/C24H36N4O5.C4H10/c29-17-28(33)16-20(13-18-3-1-2-4-18)24(32)26-15-23(31)27-11-9-21(10-12-27)25-14-19-5-7-22(30)8-6-19;1-4(2)3/h5-8,17-18,20-21,25,30,33H,1-4,9-16H2,(H,26,32);4H,1-3H3. The Hall–Kier alpha value is -2.65. The molecule has 2 aliphatic rings. The number of benzene rings is 1. The molecule has 4 N–H and O–H groups in total. The van der Waals surface area contributed by atoms with Gasteiger partial charge in [0.05, 0.1) is 19.0 Å². The molecule has 2 fully saturated rings. The van der Waals surface area contributed by atoms with Crippen LogP contribution in [0.1, 0.15) is 71.3 Å². The molecule has 0 radical (unpaired) electrons. The number of hydrogen-bond acceptors (Lipinski definition) is 6. The number of carbonyl (C=O) groups excluding carboxylic acids is 3.